The molecule has 1 aromatic carbocycles. The quantitative estimate of drug-likeness (QED) is 0.812. The van der Waals surface area contributed by atoms with Crippen LogP contribution in [-0.2, 0) is 11.2 Å². The second-order valence-electron chi connectivity index (χ2n) is 7.94. The summed E-state index contributed by atoms with van der Waals surface area (Å²) >= 11 is 0. The van der Waals surface area contributed by atoms with Gasteiger partial charge in [0.1, 0.15) is 0 Å². The number of hydrogen-bond donors (Lipinski definition) is 0. The van der Waals surface area contributed by atoms with E-state index in [0.29, 0.717) is 6.54 Å². The van der Waals surface area contributed by atoms with Crippen molar-refractivity contribution in [2.45, 2.75) is 45.1 Å². The zero-order chi connectivity index (χ0) is 18.6. The van der Waals surface area contributed by atoms with Gasteiger partial charge < -0.3 is 4.90 Å². The van der Waals surface area contributed by atoms with E-state index in [2.05, 4.69) is 59.2 Å². The van der Waals surface area contributed by atoms with E-state index in [1.54, 1.807) is 0 Å². The van der Waals surface area contributed by atoms with Gasteiger partial charge in [0.15, 0.2) is 0 Å². The van der Waals surface area contributed by atoms with Crippen molar-refractivity contribution >= 4 is 5.91 Å². The molecule has 0 aliphatic carbocycles. The van der Waals surface area contributed by atoms with Gasteiger partial charge in [-0.2, -0.15) is 0 Å². The van der Waals surface area contributed by atoms with Gasteiger partial charge in [-0.05, 0) is 63.4 Å². The predicted molar refractivity (Wildman–Crippen MR) is 108 cm³/mol. The highest BCUT2D eigenvalue weighted by Crippen LogP contribution is 2.31. The van der Waals surface area contributed by atoms with E-state index in [-0.39, 0.29) is 11.9 Å². The molecular formula is C23H29N3O. The Morgan fingerprint density at radius 3 is 2.59 bits per heavy atom. The van der Waals surface area contributed by atoms with Crippen molar-refractivity contribution in [3.63, 3.8) is 0 Å². The summed E-state index contributed by atoms with van der Waals surface area (Å²) in [4.78, 5) is 22.1. The molecular weight excluding hydrogens is 334 g/mol. The second-order valence-corrected chi connectivity index (χ2v) is 7.94. The van der Waals surface area contributed by atoms with Gasteiger partial charge >= 0.3 is 0 Å². The molecule has 0 N–H and O–H groups in total. The van der Waals surface area contributed by atoms with Gasteiger partial charge in [0, 0.05) is 18.7 Å². The molecule has 2 aliphatic rings. The number of aromatic nitrogens is 1. The molecule has 2 aromatic rings. The van der Waals surface area contributed by atoms with Gasteiger partial charge in [-0.1, -0.05) is 35.9 Å². The van der Waals surface area contributed by atoms with Crippen molar-refractivity contribution in [1.82, 2.24) is 14.8 Å². The molecule has 0 bridgehead atoms. The lowest BCUT2D eigenvalue weighted by Crippen LogP contribution is -2.39. The number of likely N-dealkylation sites (tertiary alicyclic amines) is 2. The lowest BCUT2D eigenvalue weighted by molar-refractivity contribution is -0.133. The molecule has 1 aromatic heterocycles. The minimum Gasteiger partial charge on any atom is -0.333 e. The third-order valence-electron chi connectivity index (χ3n) is 5.81. The maximum absolute atomic E-state index is 12.8. The fourth-order valence-electron chi connectivity index (χ4n) is 4.29. The van der Waals surface area contributed by atoms with Gasteiger partial charge in [-0.25, -0.2) is 0 Å². The number of amides is 1. The number of pyridine rings is 1. The summed E-state index contributed by atoms with van der Waals surface area (Å²) in [7, 11) is 0. The average Bonchev–Trinajstić information content (AvgIpc) is 3.35. The van der Waals surface area contributed by atoms with Crippen molar-refractivity contribution in [3.05, 3.63) is 65.0 Å². The summed E-state index contributed by atoms with van der Waals surface area (Å²) < 4.78 is 0. The maximum Gasteiger partial charge on any atom is 0.237 e. The van der Waals surface area contributed by atoms with Crippen molar-refractivity contribution in [2.75, 3.05) is 26.2 Å². The molecule has 1 atom stereocenters. The maximum atomic E-state index is 12.8. The van der Waals surface area contributed by atoms with Crippen molar-refractivity contribution < 1.29 is 4.79 Å². The summed E-state index contributed by atoms with van der Waals surface area (Å²) in [6.07, 6.45) is 5.37. The molecule has 2 fully saturated rings. The van der Waals surface area contributed by atoms with Crippen molar-refractivity contribution in [2.24, 2.45) is 0 Å². The molecule has 0 unspecified atom stereocenters. The minimum absolute atomic E-state index is 0.137. The van der Waals surface area contributed by atoms with E-state index in [1.165, 1.54) is 24.0 Å². The van der Waals surface area contributed by atoms with E-state index >= 15 is 0 Å². The molecule has 0 radical (unpaired) electrons. The third-order valence-corrected chi connectivity index (χ3v) is 5.81. The Morgan fingerprint density at radius 1 is 1.04 bits per heavy atom. The number of aryl methyl sites for hydroxylation is 1. The van der Waals surface area contributed by atoms with E-state index in [9.17, 15) is 4.79 Å². The van der Waals surface area contributed by atoms with Gasteiger partial charge in [0.25, 0.3) is 0 Å². The van der Waals surface area contributed by atoms with Crippen LogP contribution >= 0.6 is 0 Å². The standard InChI is InChI=1S/C23H29N3O/c1-18-9-11-19(12-10-18)16-20-6-4-7-21(24-20)22-8-5-15-26(22)23(27)17-25-13-2-3-14-25/h4,6-7,9-12,22H,2-3,5,8,13-17H2,1H3/t22-/m1/s1. The second kappa shape index (κ2) is 8.22. The number of nitrogens with zero attached hydrogens (tertiary/aromatic N) is 3. The highest BCUT2D eigenvalue weighted by atomic mass is 16.2. The summed E-state index contributed by atoms with van der Waals surface area (Å²) in [6.45, 7) is 5.67. The average molecular weight is 364 g/mol. The lowest BCUT2D eigenvalue weighted by Gasteiger charge is -2.27. The van der Waals surface area contributed by atoms with Gasteiger partial charge in [-0.15, -0.1) is 0 Å². The largest absolute Gasteiger partial charge is 0.333 e. The first-order valence-electron chi connectivity index (χ1n) is 10.2. The first-order chi connectivity index (χ1) is 13.2. The van der Waals surface area contributed by atoms with Crippen molar-refractivity contribution in [1.29, 1.82) is 0 Å². The Hall–Kier alpha value is -2.20. The predicted octanol–water partition coefficient (Wildman–Crippen LogP) is 3.74. The molecule has 27 heavy (non-hydrogen) atoms. The molecule has 0 saturated carbocycles. The molecule has 4 nitrogen and oxygen atoms in total. The molecule has 3 heterocycles. The number of benzene rings is 1. The first-order valence-corrected chi connectivity index (χ1v) is 10.2. The van der Waals surface area contributed by atoms with Crippen LogP contribution in [-0.4, -0.2) is 46.9 Å². The van der Waals surface area contributed by atoms with Gasteiger partial charge in [0.05, 0.1) is 18.3 Å². The highest BCUT2D eigenvalue weighted by molar-refractivity contribution is 5.79. The van der Waals surface area contributed by atoms with E-state index in [0.717, 1.165) is 50.3 Å². The van der Waals surface area contributed by atoms with Crippen LogP contribution in [0.4, 0.5) is 0 Å². The molecule has 2 aliphatic heterocycles. The van der Waals surface area contributed by atoms with Crippen molar-refractivity contribution in [3.8, 4) is 0 Å². The van der Waals surface area contributed by atoms with Crippen LogP contribution in [0, 0.1) is 6.92 Å². The van der Waals surface area contributed by atoms with E-state index in [1.807, 2.05) is 0 Å². The lowest BCUT2D eigenvalue weighted by atomic mass is 10.1. The highest BCUT2D eigenvalue weighted by Gasteiger charge is 2.32. The Labute approximate surface area is 162 Å². The smallest absolute Gasteiger partial charge is 0.237 e. The minimum atomic E-state index is 0.137. The normalized spacial score (nSPS) is 20.3. The fourth-order valence-corrected chi connectivity index (χ4v) is 4.29. The molecule has 4 rings (SSSR count). The summed E-state index contributed by atoms with van der Waals surface area (Å²) in [5, 5.41) is 0. The molecule has 4 heteroatoms. The Kier molecular flexibility index (Phi) is 5.53. The Morgan fingerprint density at radius 2 is 1.81 bits per heavy atom. The Balaban J connectivity index is 1.46. The molecule has 0 spiro atoms. The summed E-state index contributed by atoms with van der Waals surface area (Å²) in [5.41, 5.74) is 4.68. The first kappa shape index (κ1) is 18.2. The van der Waals surface area contributed by atoms with Crippen LogP contribution in [0.2, 0.25) is 0 Å². The van der Waals surface area contributed by atoms with Crippen LogP contribution in [0.15, 0.2) is 42.5 Å². The number of hydrogen-bond acceptors (Lipinski definition) is 3. The molecule has 142 valence electrons. The molecule has 2 saturated heterocycles. The topological polar surface area (TPSA) is 36.4 Å². The van der Waals surface area contributed by atoms with E-state index < -0.39 is 0 Å². The van der Waals surface area contributed by atoms with Crippen LogP contribution in [0.1, 0.15) is 54.2 Å². The van der Waals surface area contributed by atoms with Crippen LogP contribution < -0.4 is 0 Å². The van der Waals surface area contributed by atoms with Gasteiger partial charge in [-0.3, -0.25) is 14.7 Å². The SMILES string of the molecule is Cc1ccc(Cc2cccc([C@H]3CCCN3C(=O)CN3CCCC3)n2)cc1. The zero-order valence-corrected chi connectivity index (χ0v) is 16.2. The monoisotopic (exact) mass is 363 g/mol. The Bertz CT molecular complexity index is 780. The zero-order valence-electron chi connectivity index (χ0n) is 16.2. The third kappa shape index (κ3) is 4.38. The van der Waals surface area contributed by atoms with Gasteiger partial charge in [0.2, 0.25) is 5.91 Å². The fraction of sp³-hybridized carbons (Fsp3) is 0.478. The van der Waals surface area contributed by atoms with Crippen LogP contribution in [0.25, 0.3) is 0 Å². The van der Waals surface area contributed by atoms with Crippen LogP contribution in [0.5, 0.6) is 0 Å². The van der Waals surface area contributed by atoms with Crippen LogP contribution in [0.3, 0.4) is 0 Å². The number of carbonyl (C=O) groups excluding carboxylic acids is 1. The number of rotatable bonds is 5. The van der Waals surface area contributed by atoms with E-state index in [4.69, 9.17) is 4.98 Å². The number of carbonyl (C=O) groups is 1. The summed E-state index contributed by atoms with van der Waals surface area (Å²) in [6, 6.07) is 15.0. The molecule has 1 amide bonds. The summed E-state index contributed by atoms with van der Waals surface area (Å²) in [5.74, 6) is 0.269.